The summed E-state index contributed by atoms with van der Waals surface area (Å²) in [6.07, 6.45) is -4.37. The Hall–Kier alpha value is -2.62. The SMILES string of the molecule is O=C(O)c1sc(NCCc2nc3ccccc3[nH]2)nc1C(F)(F)F. The van der Waals surface area contributed by atoms with E-state index in [-0.39, 0.29) is 11.7 Å². The van der Waals surface area contributed by atoms with Crippen LogP contribution >= 0.6 is 11.3 Å². The second kappa shape index (κ2) is 6.11. The maximum Gasteiger partial charge on any atom is 0.435 e. The molecule has 0 amide bonds. The van der Waals surface area contributed by atoms with Crippen molar-refractivity contribution in [2.24, 2.45) is 0 Å². The van der Waals surface area contributed by atoms with Crippen LogP contribution in [0.1, 0.15) is 21.2 Å². The largest absolute Gasteiger partial charge is 0.477 e. The van der Waals surface area contributed by atoms with Gasteiger partial charge in [0.2, 0.25) is 0 Å². The van der Waals surface area contributed by atoms with Gasteiger partial charge in [-0.3, -0.25) is 0 Å². The number of carboxylic acid groups (broad SMARTS) is 1. The number of alkyl halides is 3. The average molecular weight is 356 g/mol. The third-order valence-electron chi connectivity index (χ3n) is 3.17. The number of anilines is 1. The Kier molecular flexibility index (Phi) is 4.14. The van der Waals surface area contributed by atoms with Gasteiger partial charge in [-0.25, -0.2) is 14.8 Å². The molecule has 3 rings (SSSR count). The van der Waals surface area contributed by atoms with E-state index in [0.29, 0.717) is 23.6 Å². The molecule has 0 atom stereocenters. The van der Waals surface area contributed by atoms with Gasteiger partial charge in [0.05, 0.1) is 11.0 Å². The lowest BCUT2D eigenvalue weighted by molar-refractivity contribution is -0.141. The normalized spacial score (nSPS) is 11.8. The molecule has 3 aromatic rings. The van der Waals surface area contributed by atoms with Crippen molar-refractivity contribution in [2.75, 3.05) is 11.9 Å². The van der Waals surface area contributed by atoms with Crippen molar-refractivity contribution in [1.82, 2.24) is 15.0 Å². The first-order chi connectivity index (χ1) is 11.3. The molecule has 0 saturated heterocycles. The fraction of sp³-hybridized carbons (Fsp3) is 0.214. The molecule has 0 bridgehead atoms. The van der Waals surface area contributed by atoms with Crippen LogP contribution in [0.2, 0.25) is 0 Å². The lowest BCUT2D eigenvalue weighted by atomic mass is 10.3. The first kappa shape index (κ1) is 16.2. The number of fused-ring (bicyclic) bond motifs is 1. The molecule has 2 aromatic heterocycles. The fourth-order valence-electron chi connectivity index (χ4n) is 2.14. The molecule has 0 unspecified atom stereocenters. The number of nitrogens with one attached hydrogen (secondary N) is 2. The molecule has 1 aromatic carbocycles. The molecule has 2 heterocycles. The summed E-state index contributed by atoms with van der Waals surface area (Å²) in [4.78, 5) is 20.9. The number of nitrogens with zero attached hydrogens (tertiary/aromatic N) is 2. The Morgan fingerprint density at radius 3 is 2.67 bits per heavy atom. The second-order valence-corrected chi connectivity index (χ2v) is 5.88. The number of benzene rings is 1. The molecular formula is C14H11F3N4O2S. The summed E-state index contributed by atoms with van der Waals surface area (Å²) in [7, 11) is 0. The molecule has 0 spiro atoms. The van der Waals surface area contributed by atoms with Crippen molar-refractivity contribution in [1.29, 1.82) is 0 Å². The van der Waals surface area contributed by atoms with E-state index < -0.39 is 22.7 Å². The molecule has 126 valence electrons. The number of aromatic amines is 1. The van der Waals surface area contributed by atoms with Gasteiger partial charge in [0, 0.05) is 13.0 Å². The molecule has 0 saturated carbocycles. The monoisotopic (exact) mass is 356 g/mol. The first-order valence-electron chi connectivity index (χ1n) is 6.83. The zero-order valence-corrected chi connectivity index (χ0v) is 12.8. The topological polar surface area (TPSA) is 90.9 Å². The van der Waals surface area contributed by atoms with Crippen LogP contribution < -0.4 is 5.32 Å². The number of H-pyrrole nitrogens is 1. The van der Waals surface area contributed by atoms with E-state index in [1.165, 1.54) is 0 Å². The number of rotatable bonds is 5. The third-order valence-corrected chi connectivity index (χ3v) is 4.17. The Bertz CT molecular complexity index is 855. The summed E-state index contributed by atoms with van der Waals surface area (Å²) in [5.74, 6) is -0.972. The molecule has 3 N–H and O–H groups in total. The highest BCUT2D eigenvalue weighted by Crippen LogP contribution is 2.36. The van der Waals surface area contributed by atoms with Crippen LogP contribution in [0.4, 0.5) is 18.3 Å². The van der Waals surface area contributed by atoms with Gasteiger partial charge in [-0.15, -0.1) is 0 Å². The molecule has 0 aliphatic heterocycles. The fourth-order valence-corrected chi connectivity index (χ4v) is 2.99. The van der Waals surface area contributed by atoms with Gasteiger partial charge in [-0.1, -0.05) is 23.5 Å². The minimum absolute atomic E-state index is 0.0872. The highest BCUT2D eigenvalue weighted by Gasteiger charge is 2.39. The summed E-state index contributed by atoms with van der Waals surface area (Å²) in [6, 6.07) is 7.43. The number of thiazole rings is 1. The van der Waals surface area contributed by atoms with Crippen LogP contribution in [0.25, 0.3) is 11.0 Å². The number of hydrogen-bond acceptors (Lipinski definition) is 5. The quantitative estimate of drug-likeness (QED) is 0.652. The predicted octanol–water partition coefficient (Wildman–Crippen LogP) is 3.39. The number of aromatic nitrogens is 3. The first-order valence-corrected chi connectivity index (χ1v) is 7.65. The van der Waals surface area contributed by atoms with Gasteiger partial charge in [0.1, 0.15) is 10.7 Å². The zero-order chi connectivity index (χ0) is 17.3. The summed E-state index contributed by atoms with van der Waals surface area (Å²) < 4.78 is 38.3. The van der Waals surface area contributed by atoms with Crippen LogP contribution in [-0.4, -0.2) is 32.6 Å². The average Bonchev–Trinajstić information content (AvgIpc) is 3.10. The van der Waals surface area contributed by atoms with Crippen LogP contribution in [0, 0.1) is 0 Å². The Morgan fingerprint density at radius 2 is 2.04 bits per heavy atom. The van der Waals surface area contributed by atoms with Gasteiger partial charge in [0.15, 0.2) is 10.8 Å². The summed E-state index contributed by atoms with van der Waals surface area (Å²) in [5, 5.41) is 11.5. The molecule has 0 fully saturated rings. The molecule has 0 radical (unpaired) electrons. The van der Waals surface area contributed by atoms with E-state index in [0.717, 1.165) is 11.0 Å². The van der Waals surface area contributed by atoms with E-state index in [1.54, 1.807) is 0 Å². The van der Waals surface area contributed by atoms with Gasteiger partial charge >= 0.3 is 12.1 Å². The molecule has 10 heteroatoms. The maximum atomic E-state index is 12.8. The van der Waals surface area contributed by atoms with Gasteiger partial charge in [-0.05, 0) is 12.1 Å². The lowest BCUT2D eigenvalue weighted by Gasteiger charge is -2.02. The number of carboxylic acids is 1. The Balaban J connectivity index is 1.69. The highest BCUT2D eigenvalue weighted by atomic mass is 32.1. The minimum Gasteiger partial charge on any atom is -0.477 e. The Morgan fingerprint density at radius 1 is 1.29 bits per heavy atom. The smallest absolute Gasteiger partial charge is 0.435 e. The van der Waals surface area contributed by atoms with Gasteiger partial charge in [-0.2, -0.15) is 13.2 Å². The molecule has 0 aliphatic carbocycles. The van der Waals surface area contributed by atoms with Crippen LogP contribution in [-0.2, 0) is 12.6 Å². The van der Waals surface area contributed by atoms with Gasteiger partial charge < -0.3 is 15.4 Å². The van der Waals surface area contributed by atoms with Crippen molar-refractivity contribution < 1.29 is 23.1 Å². The number of halogens is 3. The molecule has 0 aliphatic rings. The van der Waals surface area contributed by atoms with E-state index in [9.17, 15) is 18.0 Å². The van der Waals surface area contributed by atoms with E-state index in [2.05, 4.69) is 20.3 Å². The van der Waals surface area contributed by atoms with Crippen molar-refractivity contribution in [3.63, 3.8) is 0 Å². The van der Waals surface area contributed by atoms with Crippen LogP contribution in [0.5, 0.6) is 0 Å². The van der Waals surface area contributed by atoms with Crippen LogP contribution in [0.3, 0.4) is 0 Å². The van der Waals surface area contributed by atoms with E-state index in [1.807, 2.05) is 24.3 Å². The standard InChI is InChI=1S/C14H11F3N4O2S/c15-14(16,17)11-10(12(22)23)24-13(21-11)18-6-5-9-19-7-3-1-2-4-8(7)20-9/h1-4H,5-6H2,(H,18,21)(H,19,20)(H,22,23). The number of carbonyl (C=O) groups is 1. The van der Waals surface area contributed by atoms with Crippen molar-refractivity contribution in [2.45, 2.75) is 12.6 Å². The predicted molar refractivity (Wildman–Crippen MR) is 82.4 cm³/mol. The van der Waals surface area contributed by atoms with Crippen LogP contribution in [0.15, 0.2) is 24.3 Å². The van der Waals surface area contributed by atoms with E-state index >= 15 is 0 Å². The molecule has 6 nitrogen and oxygen atoms in total. The summed E-state index contributed by atoms with van der Waals surface area (Å²) in [5.41, 5.74) is 0.287. The zero-order valence-electron chi connectivity index (χ0n) is 12.0. The number of aromatic carboxylic acids is 1. The Labute approximate surface area is 137 Å². The lowest BCUT2D eigenvalue weighted by Crippen LogP contribution is -2.11. The van der Waals surface area contributed by atoms with Crippen molar-refractivity contribution in [3.05, 3.63) is 40.7 Å². The summed E-state index contributed by atoms with van der Waals surface area (Å²) >= 11 is 0.462. The number of hydrogen-bond donors (Lipinski definition) is 3. The maximum absolute atomic E-state index is 12.8. The summed E-state index contributed by atoms with van der Waals surface area (Å²) in [6.45, 7) is 0.268. The molecular weight excluding hydrogens is 345 g/mol. The number of imidazole rings is 1. The van der Waals surface area contributed by atoms with Crippen molar-refractivity contribution >= 4 is 33.5 Å². The van der Waals surface area contributed by atoms with E-state index in [4.69, 9.17) is 5.11 Å². The minimum atomic E-state index is -4.80. The van der Waals surface area contributed by atoms with Crippen molar-refractivity contribution in [3.8, 4) is 0 Å². The highest BCUT2D eigenvalue weighted by molar-refractivity contribution is 7.17. The molecule has 24 heavy (non-hydrogen) atoms. The van der Waals surface area contributed by atoms with Gasteiger partial charge in [0.25, 0.3) is 0 Å². The second-order valence-electron chi connectivity index (χ2n) is 4.88. The third kappa shape index (κ3) is 3.32. The number of para-hydroxylation sites is 2.